The molecule has 7 nitrogen and oxygen atoms in total. The summed E-state index contributed by atoms with van der Waals surface area (Å²) in [6.07, 6.45) is 6.13. The number of anilines is 2. The molecule has 0 saturated heterocycles. The summed E-state index contributed by atoms with van der Waals surface area (Å²) in [7, 11) is 0. The summed E-state index contributed by atoms with van der Waals surface area (Å²) in [6, 6.07) is 0. The van der Waals surface area contributed by atoms with Gasteiger partial charge in [0.15, 0.2) is 0 Å². The lowest BCUT2D eigenvalue weighted by atomic mass is 10.3. The molecular formula is C12H17N5O2. The van der Waals surface area contributed by atoms with Crippen LogP contribution in [0, 0.1) is 22.0 Å². The van der Waals surface area contributed by atoms with Crippen LogP contribution in [0.25, 0.3) is 0 Å². The SMILES string of the molecule is Nc1ncnc(N(CC2CC2)CC2CC2)c1[N+](=O)[O-]. The largest absolute Gasteiger partial charge is 0.378 e. The predicted octanol–water partition coefficient (Wildman–Crippen LogP) is 1.59. The number of nitrogen functional groups attached to an aromatic ring is 1. The molecule has 2 aliphatic rings. The van der Waals surface area contributed by atoms with E-state index >= 15 is 0 Å². The molecule has 1 aromatic rings. The van der Waals surface area contributed by atoms with Crippen molar-refractivity contribution in [2.45, 2.75) is 25.7 Å². The van der Waals surface area contributed by atoms with Crippen LogP contribution in [0.3, 0.4) is 0 Å². The molecule has 2 aliphatic carbocycles. The van der Waals surface area contributed by atoms with Gasteiger partial charge in [0.1, 0.15) is 6.33 Å². The van der Waals surface area contributed by atoms with Gasteiger partial charge in [0.2, 0.25) is 11.6 Å². The van der Waals surface area contributed by atoms with Crippen LogP contribution in [-0.2, 0) is 0 Å². The summed E-state index contributed by atoms with van der Waals surface area (Å²) < 4.78 is 0. The van der Waals surface area contributed by atoms with Crippen LogP contribution in [0.5, 0.6) is 0 Å². The summed E-state index contributed by atoms with van der Waals surface area (Å²) >= 11 is 0. The molecule has 0 aliphatic heterocycles. The quantitative estimate of drug-likeness (QED) is 0.618. The van der Waals surface area contributed by atoms with E-state index in [2.05, 4.69) is 9.97 Å². The van der Waals surface area contributed by atoms with Crippen molar-refractivity contribution in [1.82, 2.24) is 9.97 Å². The first-order chi connectivity index (χ1) is 9.15. The van der Waals surface area contributed by atoms with E-state index in [0.717, 1.165) is 13.1 Å². The number of aromatic nitrogens is 2. The van der Waals surface area contributed by atoms with Gasteiger partial charge in [0.25, 0.3) is 0 Å². The van der Waals surface area contributed by atoms with Gasteiger partial charge in [-0.25, -0.2) is 9.97 Å². The zero-order chi connectivity index (χ0) is 13.4. The second-order valence-electron chi connectivity index (χ2n) is 5.48. The van der Waals surface area contributed by atoms with Gasteiger partial charge in [-0.05, 0) is 37.5 Å². The standard InChI is InChI=1S/C12H17N5O2/c13-11-10(17(18)19)12(15-7-14-11)16(5-8-1-2-8)6-9-3-4-9/h7-9H,1-6H2,(H2,13,14,15). The second-order valence-corrected chi connectivity index (χ2v) is 5.48. The smallest absolute Gasteiger partial charge is 0.353 e. The molecule has 7 heteroatoms. The minimum absolute atomic E-state index is 0.0495. The Morgan fingerprint density at radius 1 is 1.26 bits per heavy atom. The molecule has 1 aromatic heterocycles. The number of nitro groups is 1. The fourth-order valence-electron chi connectivity index (χ4n) is 2.26. The Bertz CT molecular complexity index is 485. The van der Waals surface area contributed by atoms with Gasteiger partial charge in [0, 0.05) is 13.1 Å². The molecule has 0 amide bonds. The molecule has 0 atom stereocenters. The van der Waals surface area contributed by atoms with E-state index in [9.17, 15) is 10.1 Å². The Kier molecular flexibility index (Phi) is 2.96. The van der Waals surface area contributed by atoms with Crippen molar-refractivity contribution in [3.05, 3.63) is 16.4 Å². The summed E-state index contributed by atoms with van der Waals surface area (Å²) in [5, 5.41) is 11.2. The summed E-state index contributed by atoms with van der Waals surface area (Å²) in [4.78, 5) is 20.6. The van der Waals surface area contributed by atoms with E-state index in [1.807, 2.05) is 4.90 Å². The van der Waals surface area contributed by atoms with Crippen LogP contribution in [0.4, 0.5) is 17.3 Å². The zero-order valence-corrected chi connectivity index (χ0v) is 10.7. The normalized spacial score (nSPS) is 18.3. The Hall–Kier alpha value is -1.92. The first-order valence-electron chi connectivity index (χ1n) is 6.65. The Balaban J connectivity index is 1.90. The predicted molar refractivity (Wildman–Crippen MR) is 70.8 cm³/mol. The number of nitrogens with zero attached hydrogens (tertiary/aromatic N) is 4. The molecule has 102 valence electrons. The molecule has 2 N–H and O–H groups in total. The van der Waals surface area contributed by atoms with Gasteiger partial charge in [-0.15, -0.1) is 0 Å². The van der Waals surface area contributed by atoms with E-state index in [1.54, 1.807) is 0 Å². The van der Waals surface area contributed by atoms with E-state index in [4.69, 9.17) is 5.73 Å². The third-order valence-electron chi connectivity index (χ3n) is 3.66. The molecule has 2 saturated carbocycles. The van der Waals surface area contributed by atoms with Crippen LogP contribution in [0.15, 0.2) is 6.33 Å². The molecule has 19 heavy (non-hydrogen) atoms. The lowest BCUT2D eigenvalue weighted by molar-refractivity contribution is -0.383. The highest BCUT2D eigenvalue weighted by molar-refractivity contribution is 5.68. The van der Waals surface area contributed by atoms with Gasteiger partial charge >= 0.3 is 5.69 Å². The van der Waals surface area contributed by atoms with Gasteiger partial charge in [-0.2, -0.15) is 0 Å². The number of hydrogen-bond acceptors (Lipinski definition) is 6. The maximum absolute atomic E-state index is 11.2. The van der Waals surface area contributed by atoms with Gasteiger partial charge in [-0.1, -0.05) is 0 Å². The molecule has 0 bridgehead atoms. The molecular weight excluding hydrogens is 246 g/mol. The van der Waals surface area contributed by atoms with Crippen molar-refractivity contribution in [3.8, 4) is 0 Å². The minimum atomic E-state index is -0.475. The fourth-order valence-corrected chi connectivity index (χ4v) is 2.26. The zero-order valence-electron chi connectivity index (χ0n) is 10.7. The second kappa shape index (κ2) is 4.64. The van der Waals surface area contributed by atoms with E-state index in [1.165, 1.54) is 32.0 Å². The first kappa shape index (κ1) is 12.1. The highest BCUT2D eigenvalue weighted by atomic mass is 16.6. The maximum atomic E-state index is 11.2. The Labute approximate surface area is 111 Å². The summed E-state index contributed by atoms with van der Waals surface area (Å²) in [5.74, 6) is 1.63. The molecule has 0 spiro atoms. The Morgan fingerprint density at radius 3 is 2.32 bits per heavy atom. The third kappa shape index (κ3) is 2.74. The average Bonchev–Trinajstić information content (AvgIpc) is 3.22. The van der Waals surface area contributed by atoms with E-state index < -0.39 is 4.92 Å². The van der Waals surface area contributed by atoms with Crippen LogP contribution < -0.4 is 10.6 Å². The van der Waals surface area contributed by atoms with Crippen LogP contribution in [0.1, 0.15) is 25.7 Å². The van der Waals surface area contributed by atoms with Gasteiger partial charge in [-0.3, -0.25) is 10.1 Å². The summed E-state index contributed by atoms with van der Waals surface area (Å²) in [6.45, 7) is 1.68. The topological polar surface area (TPSA) is 98.2 Å². The van der Waals surface area contributed by atoms with Crippen molar-refractivity contribution in [3.63, 3.8) is 0 Å². The number of nitrogens with two attached hydrogens (primary N) is 1. The minimum Gasteiger partial charge on any atom is -0.378 e. The molecule has 1 heterocycles. The highest BCUT2D eigenvalue weighted by Crippen LogP contribution is 2.38. The first-order valence-corrected chi connectivity index (χ1v) is 6.65. The number of hydrogen-bond donors (Lipinski definition) is 1. The van der Waals surface area contributed by atoms with E-state index in [-0.39, 0.29) is 11.5 Å². The third-order valence-corrected chi connectivity index (χ3v) is 3.66. The monoisotopic (exact) mass is 263 g/mol. The molecule has 0 unspecified atom stereocenters. The van der Waals surface area contributed by atoms with Gasteiger partial charge in [0.05, 0.1) is 4.92 Å². The number of rotatable bonds is 6. The van der Waals surface area contributed by atoms with E-state index in [0.29, 0.717) is 17.7 Å². The lowest BCUT2D eigenvalue weighted by Gasteiger charge is -2.23. The van der Waals surface area contributed by atoms with Crippen molar-refractivity contribution < 1.29 is 4.92 Å². The van der Waals surface area contributed by atoms with Crippen molar-refractivity contribution in [1.29, 1.82) is 0 Å². The van der Waals surface area contributed by atoms with Crippen molar-refractivity contribution in [2.75, 3.05) is 23.7 Å². The molecule has 0 radical (unpaired) electrons. The fraction of sp³-hybridized carbons (Fsp3) is 0.667. The van der Waals surface area contributed by atoms with Crippen molar-refractivity contribution in [2.24, 2.45) is 11.8 Å². The summed E-state index contributed by atoms with van der Waals surface area (Å²) in [5.41, 5.74) is 5.48. The lowest BCUT2D eigenvalue weighted by Crippen LogP contribution is -2.30. The maximum Gasteiger partial charge on any atom is 0.353 e. The van der Waals surface area contributed by atoms with Crippen LogP contribution in [0.2, 0.25) is 0 Å². The van der Waals surface area contributed by atoms with Crippen LogP contribution in [-0.4, -0.2) is 28.0 Å². The molecule has 2 fully saturated rings. The van der Waals surface area contributed by atoms with Crippen LogP contribution >= 0.6 is 0 Å². The highest BCUT2D eigenvalue weighted by Gasteiger charge is 2.34. The molecule has 0 aromatic carbocycles. The Morgan fingerprint density at radius 2 is 1.84 bits per heavy atom. The average molecular weight is 263 g/mol. The van der Waals surface area contributed by atoms with Crippen molar-refractivity contribution >= 4 is 17.3 Å². The van der Waals surface area contributed by atoms with Gasteiger partial charge < -0.3 is 10.6 Å². The molecule has 3 rings (SSSR count).